The van der Waals surface area contributed by atoms with Gasteiger partial charge >= 0.3 is 0 Å². The molecule has 0 saturated heterocycles. The van der Waals surface area contributed by atoms with E-state index in [1.807, 2.05) is 54.9 Å². The van der Waals surface area contributed by atoms with Crippen LogP contribution >= 0.6 is 0 Å². The molecule has 0 spiro atoms. The zero-order valence-corrected chi connectivity index (χ0v) is 10.4. The molecule has 0 fully saturated rings. The van der Waals surface area contributed by atoms with Crippen molar-refractivity contribution in [2.75, 3.05) is 0 Å². The molecule has 2 rings (SSSR count). The van der Waals surface area contributed by atoms with Crippen molar-refractivity contribution in [3.8, 4) is 11.8 Å². The van der Waals surface area contributed by atoms with Gasteiger partial charge in [-0.25, -0.2) is 4.68 Å². The predicted molar refractivity (Wildman–Crippen MR) is 70.8 cm³/mol. The smallest absolute Gasteiger partial charge is 0.0933 e. The average Bonchev–Trinajstić information content (AvgIpc) is 2.66. The van der Waals surface area contributed by atoms with Gasteiger partial charge in [0.05, 0.1) is 28.8 Å². The van der Waals surface area contributed by atoms with Crippen LogP contribution in [-0.2, 0) is 0 Å². The Kier molecular flexibility index (Phi) is 3.16. The molecule has 0 amide bonds. The lowest BCUT2D eigenvalue weighted by Crippen LogP contribution is -2.01. The minimum absolute atomic E-state index is 0.453. The summed E-state index contributed by atoms with van der Waals surface area (Å²) in [6.07, 6.45) is 1.34. The fourth-order valence-corrected chi connectivity index (χ4v) is 2.02. The van der Waals surface area contributed by atoms with Gasteiger partial charge in [0.1, 0.15) is 0 Å². The molecule has 0 unspecified atom stereocenters. The van der Waals surface area contributed by atoms with E-state index in [1.54, 1.807) is 0 Å². The van der Waals surface area contributed by atoms with Gasteiger partial charge in [-0.05, 0) is 26.0 Å². The number of nitriles is 1. The SMILES string of the molecule is Cc1nn(-c2ccccc2)c(C)c1/C(N)=C\C#N. The van der Waals surface area contributed by atoms with Gasteiger partial charge in [-0.15, -0.1) is 0 Å². The normalized spacial score (nSPS) is 11.3. The topological polar surface area (TPSA) is 67.6 Å². The maximum Gasteiger partial charge on any atom is 0.0933 e. The van der Waals surface area contributed by atoms with Crippen LogP contribution < -0.4 is 5.73 Å². The molecule has 0 atom stereocenters. The van der Waals surface area contributed by atoms with E-state index in [0.717, 1.165) is 22.6 Å². The number of hydrogen-bond acceptors (Lipinski definition) is 3. The third-order valence-corrected chi connectivity index (χ3v) is 2.80. The molecule has 0 aliphatic rings. The Morgan fingerprint density at radius 2 is 2.00 bits per heavy atom. The highest BCUT2D eigenvalue weighted by molar-refractivity contribution is 5.68. The third kappa shape index (κ3) is 1.98. The standard InChI is InChI=1S/C14H14N4/c1-10-14(13(16)8-9-15)11(2)18(17-10)12-6-4-3-5-7-12/h3-8H,16H2,1-2H3/b13-8+. The molecule has 4 nitrogen and oxygen atoms in total. The van der Waals surface area contributed by atoms with Crippen molar-refractivity contribution in [2.45, 2.75) is 13.8 Å². The maximum atomic E-state index is 8.67. The van der Waals surface area contributed by atoms with Gasteiger partial charge in [-0.1, -0.05) is 18.2 Å². The number of rotatable bonds is 2. The monoisotopic (exact) mass is 238 g/mol. The summed E-state index contributed by atoms with van der Waals surface area (Å²) >= 11 is 0. The number of aryl methyl sites for hydroxylation is 1. The van der Waals surface area contributed by atoms with Gasteiger partial charge in [0.2, 0.25) is 0 Å². The lowest BCUT2D eigenvalue weighted by molar-refractivity contribution is 0.833. The highest BCUT2D eigenvalue weighted by atomic mass is 15.3. The molecule has 4 heteroatoms. The van der Waals surface area contributed by atoms with Crippen LogP contribution in [-0.4, -0.2) is 9.78 Å². The summed E-state index contributed by atoms with van der Waals surface area (Å²) in [4.78, 5) is 0. The van der Waals surface area contributed by atoms with Crippen molar-refractivity contribution in [2.24, 2.45) is 5.73 Å². The molecule has 1 heterocycles. The van der Waals surface area contributed by atoms with Crippen molar-refractivity contribution >= 4 is 5.70 Å². The average molecular weight is 238 g/mol. The van der Waals surface area contributed by atoms with E-state index < -0.39 is 0 Å². The first-order valence-corrected chi connectivity index (χ1v) is 5.62. The highest BCUT2D eigenvalue weighted by Crippen LogP contribution is 2.21. The summed E-state index contributed by atoms with van der Waals surface area (Å²) in [5, 5.41) is 13.1. The third-order valence-electron chi connectivity index (χ3n) is 2.80. The van der Waals surface area contributed by atoms with Crippen LogP contribution in [0.15, 0.2) is 36.4 Å². The van der Waals surface area contributed by atoms with Gasteiger partial charge in [-0.3, -0.25) is 0 Å². The Bertz CT molecular complexity index is 630. The zero-order valence-electron chi connectivity index (χ0n) is 10.4. The molecule has 2 aromatic rings. The number of allylic oxidation sites excluding steroid dienone is 1. The van der Waals surface area contributed by atoms with Gasteiger partial charge < -0.3 is 5.73 Å². The van der Waals surface area contributed by atoms with Gasteiger partial charge in [0, 0.05) is 11.6 Å². The van der Waals surface area contributed by atoms with E-state index in [-0.39, 0.29) is 0 Å². The van der Waals surface area contributed by atoms with E-state index in [9.17, 15) is 0 Å². The largest absolute Gasteiger partial charge is 0.398 e. The Morgan fingerprint density at radius 3 is 2.61 bits per heavy atom. The van der Waals surface area contributed by atoms with Crippen LogP contribution in [0.25, 0.3) is 11.4 Å². The molecule has 0 bridgehead atoms. The second kappa shape index (κ2) is 4.76. The van der Waals surface area contributed by atoms with E-state index >= 15 is 0 Å². The molecule has 0 radical (unpaired) electrons. The van der Waals surface area contributed by atoms with Crippen molar-refractivity contribution < 1.29 is 0 Å². The molecule has 0 aliphatic carbocycles. The summed E-state index contributed by atoms with van der Waals surface area (Å²) < 4.78 is 1.84. The lowest BCUT2D eigenvalue weighted by Gasteiger charge is -2.04. The molecule has 2 N–H and O–H groups in total. The van der Waals surface area contributed by atoms with Crippen molar-refractivity contribution in [1.82, 2.24) is 9.78 Å². The van der Waals surface area contributed by atoms with Crippen molar-refractivity contribution in [3.05, 3.63) is 53.4 Å². The van der Waals surface area contributed by atoms with E-state index in [2.05, 4.69) is 5.10 Å². The molecular formula is C14H14N4. The number of hydrogen-bond donors (Lipinski definition) is 1. The van der Waals surface area contributed by atoms with Crippen LogP contribution in [0.2, 0.25) is 0 Å². The van der Waals surface area contributed by atoms with E-state index in [1.165, 1.54) is 6.08 Å². The first kappa shape index (κ1) is 11.9. The molecule has 90 valence electrons. The first-order valence-electron chi connectivity index (χ1n) is 5.62. The number of nitrogens with two attached hydrogens (primary N) is 1. The summed E-state index contributed by atoms with van der Waals surface area (Å²) in [6.45, 7) is 3.83. The zero-order chi connectivity index (χ0) is 13.1. The predicted octanol–water partition coefficient (Wildman–Crippen LogP) is 2.31. The number of aromatic nitrogens is 2. The lowest BCUT2D eigenvalue weighted by atomic mass is 10.1. The molecule has 0 saturated carbocycles. The fourth-order valence-electron chi connectivity index (χ4n) is 2.02. The molecule has 1 aromatic heterocycles. The Labute approximate surface area is 106 Å². The fraction of sp³-hybridized carbons (Fsp3) is 0.143. The molecule has 18 heavy (non-hydrogen) atoms. The quantitative estimate of drug-likeness (QED) is 0.816. The second-order valence-electron chi connectivity index (χ2n) is 4.02. The summed E-state index contributed by atoms with van der Waals surface area (Å²) in [5.41, 5.74) is 9.90. The van der Waals surface area contributed by atoms with Crippen LogP contribution in [0.1, 0.15) is 17.0 Å². The number of nitrogens with zero attached hydrogens (tertiary/aromatic N) is 3. The van der Waals surface area contributed by atoms with Crippen molar-refractivity contribution in [3.63, 3.8) is 0 Å². The van der Waals surface area contributed by atoms with Crippen molar-refractivity contribution in [1.29, 1.82) is 5.26 Å². The highest BCUT2D eigenvalue weighted by Gasteiger charge is 2.14. The number of para-hydroxylation sites is 1. The van der Waals surface area contributed by atoms with Crippen LogP contribution in [0.3, 0.4) is 0 Å². The van der Waals surface area contributed by atoms with E-state index in [4.69, 9.17) is 11.0 Å². The molecule has 0 aliphatic heterocycles. The Balaban J connectivity index is 2.59. The minimum Gasteiger partial charge on any atom is -0.398 e. The molecular weight excluding hydrogens is 224 g/mol. The number of benzene rings is 1. The minimum atomic E-state index is 0.453. The Morgan fingerprint density at radius 1 is 1.33 bits per heavy atom. The summed E-state index contributed by atoms with van der Waals surface area (Å²) in [7, 11) is 0. The summed E-state index contributed by atoms with van der Waals surface area (Å²) in [6, 6.07) is 11.8. The van der Waals surface area contributed by atoms with Crippen LogP contribution in [0.5, 0.6) is 0 Å². The summed E-state index contributed by atoms with van der Waals surface area (Å²) in [5.74, 6) is 0. The second-order valence-corrected chi connectivity index (χ2v) is 4.02. The van der Waals surface area contributed by atoms with Gasteiger partial charge in [-0.2, -0.15) is 10.4 Å². The van der Waals surface area contributed by atoms with E-state index in [0.29, 0.717) is 5.70 Å². The first-order chi connectivity index (χ1) is 8.65. The van der Waals surface area contributed by atoms with Gasteiger partial charge in [0.25, 0.3) is 0 Å². The molecule has 1 aromatic carbocycles. The van der Waals surface area contributed by atoms with Crippen LogP contribution in [0, 0.1) is 25.2 Å². The van der Waals surface area contributed by atoms with Crippen LogP contribution in [0.4, 0.5) is 0 Å². The van der Waals surface area contributed by atoms with Gasteiger partial charge in [0.15, 0.2) is 0 Å². The Hall–Kier alpha value is -2.54. The maximum absolute atomic E-state index is 8.67.